The molecule has 0 unspecified atom stereocenters. The molecule has 2 atom stereocenters. The zero-order chi connectivity index (χ0) is 20.9. The minimum absolute atomic E-state index is 0. The number of nitrogens with two attached hydrogens (primary N) is 1. The summed E-state index contributed by atoms with van der Waals surface area (Å²) in [7, 11) is 0. The molecule has 0 aliphatic carbocycles. The predicted octanol–water partition coefficient (Wildman–Crippen LogP) is 3.21. The van der Waals surface area contributed by atoms with Crippen LogP contribution in [0, 0.1) is 5.41 Å². The molecule has 166 valence electrons. The third-order valence-electron chi connectivity index (χ3n) is 6.35. The van der Waals surface area contributed by atoms with Crippen molar-refractivity contribution in [1.29, 1.82) is 0 Å². The number of benzene rings is 1. The Morgan fingerprint density at radius 3 is 2.68 bits per heavy atom. The maximum atomic E-state index is 11.5. The smallest absolute Gasteiger partial charge is 0.323 e. The highest BCUT2D eigenvalue weighted by molar-refractivity contribution is 7.99. The van der Waals surface area contributed by atoms with Gasteiger partial charge in [0.15, 0.2) is 0 Å². The van der Waals surface area contributed by atoms with Crippen LogP contribution in [0.1, 0.15) is 19.8 Å². The Bertz CT molecular complexity index is 1130. The van der Waals surface area contributed by atoms with E-state index < -0.39 is 0 Å². The van der Waals surface area contributed by atoms with Crippen molar-refractivity contribution in [1.82, 2.24) is 19.9 Å². The van der Waals surface area contributed by atoms with Crippen molar-refractivity contribution in [2.45, 2.75) is 41.8 Å². The lowest BCUT2D eigenvalue weighted by Gasteiger charge is -2.41. The predicted molar refractivity (Wildman–Crippen MR) is 125 cm³/mol. The Morgan fingerprint density at radius 2 is 2.03 bits per heavy atom. The van der Waals surface area contributed by atoms with Crippen LogP contribution in [0.5, 0.6) is 0 Å². The van der Waals surface area contributed by atoms with Gasteiger partial charge in [-0.2, -0.15) is 0 Å². The molecule has 0 bridgehead atoms. The number of nitrogens with one attached hydrogen (secondary N) is 2. The summed E-state index contributed by atoms with van der Waals surface area (Å²) in [6.45, 7) is 4.61. The lowest BCUT2D eigenvalue weighted by molar-refractivity contribution is 0.0974. The lowest BCUT2D eigenvalue weighted by atomic mass is 9.73. The molecule has 2 aliphatic rings. The van der Waals surface area contributed by atoms with Crippen LogP contribution in [-0.4, -0.2) is 51.8 Å². The minimum Gasteiger partial charge on any atom is -0.376 e. The van der Waals surface area contributed by atoms with Crippen LogP contribution in [0.4, 0.5) is 5.82 Å². The van der Waals surface area contributed by atoms with E-state index >= 15 is 0 Å². The first-order valence-corrected chi connectivity index (χ1v) is 11.2. The summed E-state index contributed by atoms with van der Waals surface area (Å²) >= 11 is 7.87. The number of hydrogen-bond acceptors (Lipinski definition) is 7. The molecule has 2 fully saturated rings. The van der Waals surface area contributed by atoms with Gasteiger partial charge >= 0.3 is 5.69 Å². The number of H-pyrrole nitrogens is 2. The van der Waals surface area contributed by atoms with Crippen LogP contribution in [0.3, 0.4) is 0 Å². The van der Waals surface area contributed by atoms with Gasteiger partial charge in [-0.3, -0.25) is 0 Å². The van der Waals surface area contributed by atoms with Gasteiger partial charge < -0.3 is 25.3 Å². The van der Waals surface area contributed by atoms with E-state index in [0.717, 1.165) is 48.3 Å². The third-order valence-corrected chi connectivity index (χ3v) is 7.84. The van der Waals surface area contributed by atoms with Gasteiger partial charge in [0.25, 0.3) is 0 Å². The van der Waals surface area contributed by atoms with E-state index in [2.05, 4.69) is 31.8 Å². The highest BCUT2D eigenvalue weighted by Gasteiger charge is 2.47. The molecule has 2 aliphatic heterocycles. The lowest BCUT2D eigenvalue weighted by Crippen LogP contribution is -2.50. The zero-order valence-electron chi connectivity index (χ0n) is 16.9. The number of nitrogens with zero attached hydrogens (tertiary/aromatic N) is 3. The summed E-state index contributed by atoms with van der Waals surface area (Å²) in [5.74, 6) is 0.867. The van der Waals surface area contributed by atoms with Gasteiger partial charge in [0, 0.05) is 29.4 Å². The second-order valence-electron chi connectivity index (χ2n) is 8.09. The summed E-state index contributed by atoms with van der Waals surface area (Å²) in [6.07, 6.45) is 5.70. The van der Waals surface area contributed by atoms with Gasteiger partial charge in [0.2, 0.25) is 0 Å². The van der Waals surface area contributed by atoms with Crippen molar-refractivity contribution in [2.75, 3.05) is 24.6 Å². The standard InChI is InChI=1S/C20H23ClN6O2S.ClH/c1-11-18(22)20(10-29-11)4-6-27(7-5-20)14-8-24-15(9-23-14)30-13-3-2-12-17(16(13)21)26-19(28)25-12;/h2-3,8-9,11,18H,4-7,10,22H2,1H3,(H2,25,26,28);1H/t11-,18+;/m0./s1. The molecule has 8 nitrogen and oxygen atoms in total. The summed E-state index contributed by atoms with van der Waals surface area (Å²) < 4.78 is 5.80. The van der Waals surface area contributed by atoms with Crippen molar-refractivity contribution < 1.29 is 4.74 Å². The fourth-order valence-corrected chi connectivity index (χ4v) is 5.51. The monoisotopic (exact) mass is 482 g/mol. The molecule has 3 aromatic rings. The van der Waals surface area contributed by atoms with Crippen molar-refractivity contribution in [3.8, 4) is 0 Å². The normalized spacial score (nSPS) is 22.7. The van der Waals surface area contributed by atoms with Gasteiger partial charge in [0.1, 0.15) is 10.8 Å². The number of ether oxygens (including phenoxy) is 1. The van der Waals surface area contributed by atoms with Gasteiger partial charge in [-0.25, -0.2) is 14.8 Å². The number of aromatic amines is 2. The maximum Gasteiger partial charge on any atom is 0.323 e. The van der Waals surface area contributed by atoms with Gasteiger partial charge in [-0.15, -0.1) is 12.4 Å². The molecule has 11 heteroatoms. The van der Waals surface area contributed by atoms with E-state index in [0.29, 0.717) is 16.1 Å². The molecule has 0 saturated carbocycles. The molecular formula is C20H24Cl2N6O2S. The number of aromatic nitrogens is 4. The quantitative estimate of drug-likeness (QED) is 0.524. The molecular weight excluding hydrogens is 459 g/mol. The topological polar surface area (TPSA) is 113 Å². The molecule has 1 aromatic carbocycles. The first-order chi connectivity index (χ1) is 14.4. The average Bonchev–Trinajstić information content (AvgIpc) is 3.27. The van der Waals surface area contributed by atoms with E-state index in [1.54, 1.807) is 12.4 Å². The number of anilines is 1. The first-order valence-electron chi connectivity index (χ1n) is 9.98. The van der Waals surface area contributed by atoms with Gasteiger partial charge in [-0.05, 0) is 31.9 Å². The van der Waals surface area contributed by atoms with Crippen LogP contribution in [0.2, 0.25) is 5.02 Å². The molecule has 2 aromatic heterocycles. The molecule has 5 rings (SSSR count). The number of imidazole rings is 1. The first kappa shape index (κ1) is 22.4. The number of piperidine rings is 1. The average molecular weight is 483 g/mol. The van der Waals surface area contributed by atoms with E-state index in [4.69, 9.17) is 22.1 Å². The summed E-state index contributed by atoms with van der Waals surface area (Å²) in [5, 5.41) is 1.24. The summed E-state index contributed by atoms with van der Waals surface area (Å²) in [6, 6.07) is 3.79. The Morgan fingerprint density at radius 1 is 1.26 bits per heavy atom. The Hall–Kier alpha value is -1.78. The number of rotatable bonds is 3. The molecule has 4 heterocycles. The second-order valence-corrected chi connectivity index (χ2v) is 9.53. The van der Waals surface area contributed by atoms with Crippen molar-refractivity contribution >= 4 is 52.6 Å². The minimum atomic E-state index is -0.277. The van der Waals surface area contributed by atoms with Crippen molar-refractivity contribution in [3.63, 3.8) is 0 Å². The van der Waals surface area contributed by atoms with E-state index in [1.807, 2.05) is 12.1 Å². The van der Waals surface area contributed by atoms with Crippen LogP contribution < -0.4 is 16.3 Å². The maximum absolute atomic E-state index is 11.5. The van der Waals surface area contributed by atoms with E-state index in [-0.39, 0.29) is 35.7 Å². The SMILES string of the molecule is C[C@@H]1OCC2(CCN(c3cnc(Sc4ccc5[nH]c(=O)[nH]c5c4Cl)cn3)CC2)[C@@H]1N.Cl. The molecule has 4 N–H and O–H groups in total. The number of halogens is 2. The molecule has 0 radical (unpaired) electrons. The fourth-order valence-electron chi connectivity index (χ4n) is 4.42. The van der Waals surface area contributed by atoms with Crippen LogP contribution >= 0.6 is 35.8 Å². The molecule has 1 spiro atoms. The molecule has 0 amide bonds. The number of fused-ring (bicyclic) bond motifs is 1. The largest absolute Gasteiger partial charge is 0.376 e. The van der Waals surface area contributed by atoms with Crippen molar-refractivity contribution in [2.24, 2.45) is 11.1 Å². The van der Waals surface area contributed by atoms with Crippen LogP contribution in [0.25, 0.3) is 11.0 Å². The Kier molecular flexibility index (Phi) is 6.24. The van der Waals surface area contributed by atoms with E-state index in [9.17, 15) is 4.79 Å². The zero-order valence-corrected chi connectivity index (χ0v) is 19.3. The van der Waals surface area contributed by atoms with E-state index in [1.165, 1.54) is 11.8 Å². The Labute approximate surface area is 194 Å². The van der Waals surface area contributed by atoms with Gasteiger partial charge in [-0.1, -0.05) is 23.4 Å². The van der Waals surface area contributed by atoms with Crippen LogP contribution in [0.15, 0.2) is 39.2 Å². The Balaban J connectivity index is 0.00000231. The van der Waals surface area contributed by atoms with Gasteiger partial charge in [0.05, 0.1) is 41.2 Å². The highest BCUT2D eigenvalue weighted by atomic mass is 35.5. The summed E-state index contributed by atoms with van der Waals surface area (Å²) in [4.78, 5) is 29.2. The molecule has 31 heavy (non-hydrogen) atoms. The van der Waals surface area contributed by atoms with Crippen molar-refractivity contribution in [3.05, 3.63) is 40.0 Å². The third kappa shape index (κ3) is 4.05. The number of hydrogen-bond donors (Lipinski definition) is 3. The molecule has 2 saturated heterocycles. The highest BCUT2D eigenvalue weighted by Crippen LogP contribution is 2.42. The second kappa shape index (κ2) is 8.63. The summed E-state index contributed by atoms with van der Waals surface area (Å²) in [5.41, 5.74) is 7.50. The van der Waals surface area contributed by atoms with Crippen LogP contribution in [-0.2, 0) is 4.74 Å². The fraction of sp³-hybridized carbons (Fsp3) is 0.450.